The average molecular weight is 273 g/mol. The van der Waals surface area contributed by atoms with E-state index in [-0.39, 0.29) is 0 Å². The van der Waals surface area contributed by atoms with E-state index in [1.165, 1.54) is 11.3 Å². The van der Waals surface area contributed by atoms with Gasteiger partial charge in [-0.3, -0.25) is 0 Å². The Morgan fingerprint density at radius 2 is 1.67 bits per heavy atom. The smallest absolute Gasteiger partial charge is 0.222 e. The third-order valence-electron chi connectivity index (χ3n) is 2.24. The van der Waals surface area contributed by atoms with E-state index in [0.29, 0.717) is 0 Å². The number of pyridine rings is 1. The van der Waals surface area contributed by atoms with Crippen LogP contribution in [-0.4, -0.2) is 4.98 Å². The third-order valence-corrected chi connectivity index (χ3v) is 2.24. The van der Waals surface area contributed by atoms with Gasteiger partial charge >= 0.3 is 5.65 Å². The van der Waals surface area contributed by atoms with Crippen molar-refractivity contribution in [1.82, 2.24) is 4.98 Å². The second-order valence-corrected chi connectivity index (χ2v) is 4.56. The van der Waals surface area contributed by atoms with Crippen molar-refractivity contribution in [3.8, 4) is 0 Å². The molecule has 0 amide bonds. The molecule has 0 aromatic carbocycles. The first-order chi connectivity index (χ1) is 8.18. The van der Waals surface area contributed by atoms with Crippen LogP contribution in [0, 0.1) is 31.0 Å². The van der Waals surface area contributed by atoms with Gasteiger partial charge in [-0.2, -0.15) is 0 Å². The molecule has 18 heavy (non-hydrogen) atoms. The molecule has 2 heterocycles. The minimum atomic E-state index is -4.94. The van der Waals surface area contributed by atoms with Crippen LogP contribution in [0.5, 0.6) is 0 Å². The predicted octanol–water partition coefficient (Wildman–Crippen LogP) is -3.01. The molecule has 2 aromatic rings. The maximum Gasteiger partial charge on any atom is 0.330 e. The van der Waals surface area contributed by atoms with Gasteiger partial charge in [0.2, 0.25) is 0 Å². The van der Waals surface area contributed by atoms with Gasteiger partial charge in [-0.1, -0.05) is 0 Å². The summed E-state index contributed by atoms with van der Waals surface area (Å²) in [6.45, 7) is 6.21. The highest BCUT2D eigenvalue weighted by molar-refractivity contribution is 5.39. The zero-order valence-corrected chi connectivity index (χ0v) is 11.0. The van der Waals surface area contributed by atoms with Gasteiger partial charge in [0.1, 0.15) is 5.69 Å². The van der Waals surface area contributed by atoms with Crippen LogP contribution < -0.4 is 23.0 Å². The van der Waals surface area contributed by atoms with Gasteiger partial charge in [-0.05, 0) is 31.0 Å². The lowest BCUT2D eigenvalue weighted by atomic mass is 10.2. The average Bonchev–Trinajstić information content (AvgIpc) is 2.17. The van der Waals surface area contributed by atoms with Crippen molar-refractivity contribution in [1.29, 1.82) is 0 Å². The Hall–Kier alpha value is -1.31. The summed E-state index contributed by atoms with van der Waals surface area (Å²) in [7, 11) is -4.94. The fourth-order valence-electron chi connectivity index (χ4n) is 1.61. The Bertz CT molecular complexity index is 548. The Balaban J connectivity index is 0.000000280. The highest BCUT2D eigenvalue weighted by Gasteiger charge is 2.10. The highest BCUT2D eigenvalue weighted by atomic mass is 35.7. The SMILES string of the molecule is Cc1cc(C)[n+]2cccc(C)c2n1.[O-][Cl+3]([O-])([O-])[O-]. The van der Waals surface area contributed by atoms with Crippen LogP contribution in [0.25, 0.3) is 5.65 Å². The monoisotopic (exact) mass is 272 g/mol. The number of fused-ring (bicyclic) bond motifs is 1. The molecular formula is C11H13ClN2O4. The Morgan fingerprint density at radius 1 is 1.11 bits per heavy atom. The van der Waals surface area contributed by atoms with Crippen LogP contribution in [0.2, 0.25) is 0 Å². The lowest BCUT2D eigenvalue weighted by Crippen LogP contribution is -2.68. The fourth-order valence-corrected chi connectivity index (χ4v) is 1.61. The summed E-state index contributed by atoms with van der Waals surface area (Å²) in [5.41, 5.74) is 4.58. The first-order valence-corrected chi connectivity index (χ1v) is 6.29. The molecule has 0 bridgehead atoms. The van der Waals surface area contributed by atoms with Crippen LogP contribution in [0.15, 0.2) is 24.4 Å². The largest absolute Gasteiger partial charge is 0.330 e. The van der Waals surface area contributed by atoms with Crippen LogP contribution in [0.3, 0.4) is 0 Å². The lowest BCUT2D eigenvalue weighted by molar-refractivity contribution is -2.00. The summed E-state index contributed by atoms with van der Waals surface area (Å²) >= 11 is 0. The molecule has 6 nitrogen and oxygen atoms in total. The number of hydrogen-bond donors (Lipinski definition) is 0. The van der Waals surface area contributed by atoms with Crippen LogP contribution in [-0.2, 0) is 0 Å². The zero-order valence-electron chi connectivity index (χ0n) is 10.2. The molecule has 98 valence electrons. The molecule has 0 N–H and O–H groups in total. The van der Waals surface area contributed by atoms with Gasteiger partial charge in [-0.15, -0.1) is 10.2 Å². The van der Waals surface area contributed by atoms with Crippen molar-refractivity contribution in [2.45, 2.75) is 20.8 Å². The van der Waals surface area contributed by atoms with Gasteiger partial charge in [0.05, 0.1) is 6.20 Å². The summed E-state index contributed by atoms with van der Waals surface area (Å²) in [6, 6.07) is 6.22. The lowest BCUT2D eigenvalue weighted by Gasteiger charge is -2.17. The van der Waals surface area contributed by atoms with E-state index < -0.39 is 10.2 Å². The Morgan fingerprint density at radius 3 is 2.22 bits per heavy atom. The van der Waals surface area contributed by atoms with E-state index in [9.17, 15) is 0 Å². The number of halogens is 1. The quantitative estimate of drug-likeness (QED) is 0.475. The summed E-state index contributed by atoms with van der Waals surface area (Å²) in [5, 5.41) is 0. The van der Waals surface area contributed by atoms with Crippen molar-refractivity contribution in [2.24, 2.45) is 0 Å². The van der Waals surface area contributed by atoms with E-state index in [4.69, 9.17) is 18.6 Å². The normalized spacial score (nSPS) is 11.1. The number of hydrogen-bond acceptors (Lipinski definition) is 5. The summed E-state index contributed by atoms with van der Waals surface area (Å²) in [4.78, 5) is 4.50. The number of aryl methyl sites for hydroxylation is 3. The molecule has 0 spiro atoms. The summed E-state index contributed by atoms with van der Waals surface area (Å²) in [5.74, 6) is 0. The minimum Gasteiger partial charge on any atom is -0.222 e. The second-order valence-electron chi connectivity index (χ2n) is 3.80. The molecule has 2 rings (SSSR count). The van der Waals surface area contributed by atoms with E-state index in [1.807, 2.05) is 19.2 Å². The number of aromatic nitrogens is 2. The molecular weight excluding hydrogens is 260 g/mol. The first-order valence-electron chi connectivity index (χ1n) is 5.05. The van der Waals surface area contributed by atoms with E-state index in [1.54, 1.807) is 0 Å². The van der Waals surface area contributed by atoms with Crippen molar-refractivity contribution < 1.29 is 33.3 Å². The van der Waals surface area contributed by atoms with Crippen molar-refractivity contribution in [3.05, 3.63) is 41.3 Å². The van der Waals surface area contributed by atoms with Crippen molar-refractivity contribution in [3.63, 3.8) is 0 Å². The third kappa shape index (κ3) is 4.52. The Labute approximate surface area is 107 Å². The van der Waals surface area contributed by atoms with E-state index >= 15 is 0 Å². The molecule has 0 atom stereocenters. The number of nitrogens with zero attached hydrogens (tertiary/aromatic N) is 2. The summed E-state index contributed by atoms with van der Waals surface area (Å²) in [6.07, 6.45) is 2.05. The van der Waals surface area contributed by atoms with Crippen molar-refractivity contribution in [2.75, 3.05) is 0 Å². The van der Waals surface area contributed by atoms with Crippen LogP contribution >= 0.6 is 0 Å². The minimum absolute atomic E-state index is 1.06. The fraction of sp³-hybridized carbons (Fsp3) is 0.273. The second kappa shape index (κ2) is 5.55. The first kappa shape index (κ1) is 14.7. The van der Waals surface area contributed by atoms with Crippen molar-refractivity contribution >= 4 is 5.65 Å². The van der Waals surface area contributed by atoms with Gasteiger partial charge in [0.25, 0.3) is 0 Å². The molecule has 0 fully saturated rings. The van der Waals surface area contributed by atoms with Gasteiger partial charge in [0, 0.05) is 18.6 Å². The predicted molar refractivity (Wildman–Crippen MR) is 51.6 cm³/mol. The number of rotatable bonds is 0. The molecule has 0 aliphatic carbocycles. The topological polar surface area (TPSA) is 109 Å². The van der Waals surface area contributed by atoms with Gasteiger partial charge in [0.15, 0.2) is 5.69 Å². The van der Waals surface area contributed by atoms with E-state index in [0.717, 1.165) is 11.3 Å². The molecule has 7 heteroatoms. The molecule has 0 saturated carbocycles. The summed E-state index contributed by atoms with van der Waals surface area (Å²) < 4.78 is 36.1. The van der Waals surface area contributed by atoms with Gasteiger partial charge in [-0.25, -0.2) is 23.0 Å². The molecule has 0 aliphatic rings. The zero-order chi connectivity index (χ0) is 13.9. The maximum absolute atomic E-state index is 8.49. The highest BCUT2D eigenvalue weighted by Crippen LogP contribution is 2.04. The van der Waals surface area contributed by atoms with Gasteiger partial charge < -0.3 is 0 Å². The van der Waals surface area contributed by atoms with E-state index in [2.05, 4.69) is 35.4 Å². The Kier molecular flexibility index (Phi) is 4.55. The molecule has 0 unspecified atom stereocenters. The standard InChI is InChI=1S/C11H13N2.ClHO4/c1-8-5-4-6-13-10(3)7-9(2)12-11(8)13;2-1(3,4)5/h4-7H,1-3H3;(H,2,3,4,5)/q+1;/p-1. The van der Waals surface area contributed by atoms with Crippen LogP contribution in [0.4, 0.5) is 0 Å². The molecule has 2 aromatic heterocycles. The van der Waals surface area contributed by atoms with Crippen LogP contribution in [0.1, 0.15) is 17.0 Å². The molecule has 0 saturated heterocycles. The molecule has 0 radical (unpaired) electrons. The maximum atomic E-state index is 8.49. The molecule has 0 aliphatic heterocycles.